The molecule has 0 amide bonds. The topological polar surface area (TPSA) is 21.1 Å². The first-order valence-electron chi connectivity index (χ1n) is 7.09. The molecule has 20 heavy (non-hydrogen) atoms. The molecule has 2 rings (SSSR count). The Hall–Kier alpha value is -1.29. The van der Waals surface area contributed by atoms with Crippen molar-refractivity contribution in [1.29, 1.82) is 0 Å². The molecule has 0 unspecified atom stereocenters. The molecule has 1 heterocycles. The fraction of sp³-hybridized carbons (Fsp3) is 0.438. The second-order valence-corrected chi connectivity index (χ2v) is 5.78. The fourth-order valence-electron chi connectivity index (χ4n) is 2.46. The molecule has 4 heteroatoms. The van der Waals surface area contributed by atoms with E-state index in [1.54, 1.807) is 0 Å². The first-order valence-corrected chi connectivity index (χ1v) is 7.88. The molecular weight excluding hydrogens is 314 g/mol. The summed E-state index contributed by atoms with van der Waals surface area (Å²) in [6, 6.07) is 8.53. The Morgan fingerprint density at radius 2 is 1.95 bits per heavy atom. The van der Waals surface area contributed by atoms with Crippen molar-refractivity contribution in [2.75, 3.05) is 11.4 Å². The smallest absolute Gasteiger partial charge is 0.0767 e. The van der Waals surface area contributed by atoms with Crippen LogP contribution in [0.1, 0.15) is 30.8 Å². The van der Waals surface area contributed by atoms with Crippen LogP contribution >= 0.6 is 15.9 Å². The van der Waals surface area contributed by atoms with E-state index < -0.39 is 0 Å². The molecule has 0 saturated carbocycles. The first kappa shape index (κ1) is 15.1. The number of anilines is 1. The zero-order chi connectivity index (χ0) is 14.7. The normalized spacial score (nSPS) is 10.8. The predicted molar refractivity (Wildman–Crippen MR) is 88.2 cm³/mol. The summed E-state index contributed by atoms with van der Waals surface area (Å²) >= 11 is 3.70. The number of para-hydroxylation sites is 1. The Morgan fingerprint density at radius 3 is 2.50 bits per heavy atom. The highest BCUT2D eigenvalue weighted by Gasteiger charge is 2.16. The van der Waals surface area contributed by atoms with Crippen LogP contribution in [0.3, 0.4) is 0 Å². The maximum Gasteiger partial charge on any atom is 0.0767 e. The van der Waals surface area contributed by atoms with Gasteiger partial charge in [-0.3, -0.25) is 4.68 Å². The summed E-state index contributed by atoms with van der Waals surface area (Å²) in [6.07, 6.45) is 0.949. The number of aryl methyl sites for hydroxylation is 3. The second kappa shape index (κ2) is 6.44. The van der Waals surface area contributed by atoms with E-state index in [1.165, 1.54) is 16.9 Å². The molecule has 0 aliphatic rings. The standard InChI is InChI=1S/C16H22BrN3/c1-5-13-16(17)15(19(4)18-13)11-20(6-2)14-10-8-7-9-12(14)3/h7-10H,5-6,11H2,1-4H3. The van der Waals surface area contributed by atoms with Crippen molar-refractivity contribution in [3.63, 3.8) is 0 Å². The van der Waals surface area contributed by atoms with Crippen LogP contribution < -0.4 is 4.90 Å². The molecule has 0 radical (unpaired) electrons. The fourth-order valence-corrected chi connectivity index (χ4v) is 3.20. The summed E-state index contributed by atoms with van der Waals surface area (Å²) < 4.78 is 3.14. The van der Waals surface area contributed by atoms with Gasteiger partial charge in [-0.15, -0.1) is 0 Å². The minimum Gasteiger partial charge on any atom is -0.366 e. The summed E-state index contributed by atoms with van der Waals surface area (Å²) in [5.74, 6) is 0. The van der Waals surface area contributed by atoms with Gasteiger partial charge >= 0.3 is 0 Å². The van der Waals surface area contributed by atoms with Crippen molar-refractivity contribution in [3.05, 3.63) is 45.7 Å². The Bertz CT molecular complexity index is 589. The number of benzene rings is 1. The number of halogens is 1. The highest BCUT2D eigenvalue weighted by atomic mass is 79.9. The van der Waals surface area contributed by atoms with Crippen LogP contribution in [-0.2, 0) is 20.0 Å². The molecule has 0 saturated heterocycles. The van der Waals surface area contributed by atoms with E-state index >= 15 is 0 Å². The van der Waals surface area contributed by atoms with Crippen molar-refractivity contribution in [3.8, 4) is 0 Å². The minimum atomic E-state index is 0.867. The Balaban J connectivity index is 2.32. The van der Waals surface area contributed by atoms with Crippen LogP contribution in [0.25, 0.3) is 0 Å². The maximum atomic E-state index is 4.58. The van der Waals surface area contributed by atoms with E-state index in [0.29, 0.717) is 0 Å². The number of rotatable bonds is 5. The van der Waals surface area contributed by atoms with Crippen molar-refractivity contribution in [2.45, 2.75) is 33.7 Å². The van der Waals surface area contributed by atoms with Crippen molar-refractivity contribution >= 4 is 21.6 Å². The summed E-state index contributed by atoms with van der Waals surface area (Å²) in [5, 5.41) is 4.58. The summed E-state index contributed by atoms with van der Waals surface area (Å²) in [5.41, 5.74) is 4.96. The minimum absolute atomic E-state index is 0.867. The molecule has 0 bridgehead atoms. The number of nitrogens with zero attached hydrogens (tertiary/aromatic N) is 3. The van der Waals surface area contributed by atoms with Crippen molar-refractivity contribution < 1.29 is 0 Å². The largest absolute Gasteiger partial charge is 0.366 e. The van der Waals surface area contributed by atoms with Gasteiger partial charge in [-0.1, -0.05) is 25.1 Å². The quantitative estimate of drug-likeness (QED) is 0.820. The second-order valence-electron chi connectivity index (χ2n) is 4.99. The Labute approximate surface area is 129 Å². The van der Waals surface area contributed by atoms with Gasteiger partial charge in [0.2, 0.25) is 0 Å². The number of hydrogen-bond acceptors (Lipinski definition) is 2. The Kier molecular flexibility index (Phi) is 4.86. The third-order valence-corrected chi connectivity index (χ3v) is 4.60. The van der Waals surface area contributed by atoms with Gasteiger partial charge in [-0.25, -0.2) is 0 Å². The zero-order valence-electron chi connectivity index (χ0n) is 12.7. The van der Waals surface area contributed by atoms with Gasteiger partial charge in [0.1, 0.15) is 0 Å². The number of hydrogen-bond donors (Lipinski definition) is 0. The molecule has 108 valence electrons. The first-order chi connectivity index (χ1) is 9.58. The van der Waals surface area contributed by atoms with Crippen LogP contribution in [0, 0.1) is 6.92 Å². The van der Waals surface area contributed by atoms with Crippen LogP contribution in [0.2, 0.25) is 0 Å². The Morgan fingerprint density at radius 1 is 1.25 bits per heavy atom. The average molecular weight is 336 g/mol. The predicted octanol–water partition coefficient (Wildman–Crippen LogP) is 4.08. The summed E-state index contributed by atoms with van der Waals surface area (Å²) in [6.45, 7) is 8.33. The molecule has 1 aromatic heterocycles. The van der Waals surface area contributed by atoms with Gasteiger partial charge in [0.25, 0.3) is 0 Å². The molecular formula is C16H22BrN3. The molecule has 3 nitrogen and oxygen atoms in total. The monoisotopic (exact) mass is 335 g/mol. The zero-order valence-corrected chi connectivity index (χ0v) is 14.2. The average Bonchev–Trinajstić information content (AvgIpc) is 2.72. The van der Waals surface area contributed by atoms with Crippen LogP contribution in [0.4, 0.5) is 5.69 Å². The molecule has 2 aromatic rings. The summed E-state index contributed by atoms with van der Waals surface area (Å²) in [4.78, 5) is 2.39. The van der Waals surface area contributed by atoms with Crippen molar-refractivity contribution in [2.24, 2.45) is 7.05 Å². The van der Waals surface area contributed by atoms with E-state index in [9.17, 15) is 0 Å². The third-order valence-electron chi connectivity index (χ3n) is 3.68. The highest BCUT2D eigenvalue weighted by Crippen LogP contribution is 2.26. The van der Waals surface area contributed by atoms with Crippen molar-refractivity contribution in [1.82, 2.24) is 9.78 Å². The maximum absolute atomic E-state index is 4.58. The molecule has 0 atom stereocenters. The molecule has 0 N–H and O–H groups in total. The van der Waals surface area contributed by atoms with Gasteiger partial charge < -0.3 is 4.90 Å². The summed E-state index contributed by atoms with van der Waals surface area (Å²) in [7, 11) is 2.02. The molecule has 0 fully saturated rings. The van der Waals surface area contributed by atoms with E-state index in [2.05, 4.69) is 71.0 Å². The third kappa shape index (κ3) is 2.90. The molecule has 1 aromatic carbocycles. The molecule has 0 aliphatic carbocycles. The van der Waals surface area contributed by atoms with Crippen LogP contribution in [0.5, 0.6) is 0 Å². The molecule has 0 spiro atoms. The van der Waals surface area contributed by atoms with Gasteiger partial charge in [-0.2, -0.15) is 5.10 Å². The van der Waals surface area contributed by atoms with Gasteiger partial charge in [0.15, 0.2) is 0 Å². The van der Waals surface area contributed by atoms with Gasteiger partial charge in [-0.05, 0) is 47.8 Å². The lowest BCUT2D eigenvalue weighted by molar-refractivity contribution is 0.676. The number of aromatic nitrogens is 2. The lowest BCUT2D eigenvalue weighted by atomic mass is 10.1. The SMILES string of the molecule is CCc1nn(C)c(CN(CC)c2ccccc2C)c1Br. The van der Waals surface area contributed by atoms with E-state index in [0.717, 1.165) is 29.7 Å². The van der Waals surface area contributed by atoms with Crippen LogP contribution in [-0.4, -0.2) is 16.3 Å². The molecule has 0 aliphatic heterocycles. The van der Waals surface area contributed by atoms with E-state index in [1.807, 2.05) is 11.7 Å². The van der Waals surface area contributed by atoms with Gasteiger partial charge in [0.05, 0.1) is 22.4 Å². The van der Waals surface area contributed by atoms with Crippen LogP contribution in [0.15, 0.2) is 28.7 Å². The lowest BCUT2D eigenvalue weighted by Gasteiger charge is -2.25. The van der Waals surface area contributed by atoms with E-state index in [-0.39, 0.29) is 0 Å². The highest BCUT2D eigenvalue weighted by molar-refractivity contribution is 9.10. The van der Waals surface area contributed by atoms with Gasteiger partial charge in [0, 0.05) is 19.3 Å². The lowest BCUT2D eigenvalue weighted by Crippen LogP contribution is -2.24. The van der Waals surface area contributed by atoms with E-state index in [4.69, 9.17) is 0 Å².